The van der Waals surface area contributed by atoms with Crippen LogP contribution in [0.1, 0.15) is 31.2 Å². The molecule has 2 heterocycles. The Kier molecular flexibility index (Phi) is 2.82. The summed E-state index contributed by atoms with van der Waals surface area (Å²) < 4.78 is 6.82. The molecule has 90 valence electrons. The summed E-state index contributed by atoms with van der Waals surface area (Å²) in [7, 11) is 0. The molecule has 1 aromatic heterocycles. The van der Waals surface area contributed by atoms with Crippen molar-refractivity contribution >= 4 is 32.7 Å². The lowest BCUT2D eigenvalue weighted by Gasteiger charge is -2.09. The molecule has 17 heavy (non-hydrogen) atoms. The summed E-state index contributed by atoms with van der Waals surface area (Å²) in [6.07, 6.45) is 4.38. The second kappa shape index (κ2) is 4.33. The van der Waals surface area contributed by atoms with E-state index in [1.807, 2.05) is 0 Å². The molecule has 3 nitrogen and oxygen atoms in total. The van der Waals surface area contributed by atoms with Crippen molar-refractivity contribution in [2.45, 2.75) is 32.6 Å². The summed E-state index contributed by atoms with van der Waals surface area (Å²) in [6.45, 7) is 3.10. The first-order valence-electron chi connectivity index (χ1n) is 6.14. The molecule has 0 atom stereocenters. The fourth-order valence-electron chi connectivity index (χ4n) is 2.32. The van der Waals surface area contributed by atoms with Crippen molar-refractivity contribution in [3.05, 3.63) is 22.0 Å². The summed E-state index contributed by atoms with van der Waals surface area (Å²) in [5.41, 5.74) is 4.37. The Labute approximate surface area is 109 Å². The molecule has 0 spiro atoms. The summed E-state index contributed by atoms with van der Waals surface area (Å²) in [5, 5.41) is 3.47. The van der Waals surface area contributed by atoms with E-state index in [4.69, 9.17) is 4.42 Å². The highest BCUT2D eigenvalue weighted by Crippen LogP contribution is 2.36. The molecule has 0 fully saturated rings. The molecule has 0 aliphatic carbocycles. The van der Waals surface area contributed by atoms with Crippen LogP contribution in [0.3, 0.4) is 0 Å². The van der Waals surface area contributed by atoms with Crippen LogP contribution in [0.2, 0.25) is 0 Å². The Bertz CT molecular complexity index is 562. The fraction of sp³-hybridized carbons (Fsp3) is 0.462. The quantitative estimate of drug-likeness (QED) is 0.867. The SMILES string of the molecule is CCc1nc2c(Br)c3c(cc2o1)NCCCC3. The van der Waals surface area contributed by atoms with Crippen LogP contribution in [0.4, 0.5) is 5.69 Å². The van der Waals surface area contributed by atoms with E-state index in [0.29, 0.717) is 0 Å². The topological polar surface area (TPSA) is 38.1 Å². The van der Waals surface area contributed by atoms with Gasteiger partial charge in [-0.3, -0.25) is 0 Å². The highest BCUT2D eigenvalue weighted by molar-refractivity contribution is 9.10. The van der Waals surface area contributed by atoms with E-state index < -0.39 is 0 Å². The molecule has 0 saturated heterocycles. The van der Waals surface area contributed by atoms with E-state index in [2.05, 4.69) is 39.2 Å². The van der Waals surface area contributed by atoms with Gasteiger partial charge in [-0.25, -0.2) is 4.98 Å². The first-order chi connectivity index (χ1) is 8.29. The van der Waals surface area contributed by atoms with Crippen LogP contribution >= 0.6 is 15.9 Å². The maximum absolute atomic E-state index is 5.72. The Morgan fingerprint density at radius 3 is 3.18 bits per heavy atom. The summed E-state index contributed by atoms with van der Waals surface area (Å²) >= 11 is 3.68. The van der Waals surface area contributed by atoms with Crippen LogP contribution in [-0.4, -0.2) is 11.5 Å². The maximum Gasteiger partial charge on any atom is 0.195 e. The maximum atomic E-state index is 5.72. The number of aryl methyl sites for hydroxylation is 1. The minimum Gasteiger partial charge on any atom is -0.441 e. The molecule has 1 aliphatic rings. The molecule has 0 saturated carbocycles. The van der Waals surface area contributed by atoms with Gasteiger partial charge < -0.3 is 9.73 Å². The average molecular weight is 295 g/mol. The van der Waals surface area contributed by atoms with Crippen LogP contribution in [0.15, 0.2) is 15.0 Å². The molecule has 4 heteroatoms. The van der Waals surface area contributed by atoms with Crippen LogP contribution in [0.5, 0.6) is 0 Å². The highest BCUT2D eigenvalue weighted by atomic mass is 79.9. The van der Waals surface area contributed by atoms with Crippen molar-refractivity contribution in [2.75, 3.05) is 11.9 Å². The molecule has 1 aliphatic heterocycles. The van der Waals surface area contributed by atoms with E-state index in [1.165, 1.54) is 24.1 Å². The minimum absolute atomic E-state index is 0.806. The lowest BCUT2D eigenvalue weighted by molar-refractivity contribution is 0.538. The Balaban J connectivity index is 2.23. The number of hydrogen-bond donors (Lipinski definition) is 1. The van der Waals surface area contributed by atoms with E-state index >= 15 is 0 Å². The molecule has 1 N–H and O–H groups in total. The number of nitrogens with one attached hydrogen (secondary N) is 1. The fourth-order valence-corrected chi connectivity index (χ4v) is 3.01. The van der Waals surface area contributed by atoms with Gasteiger partial charge in [-0.05, 0) is 40.8 Å². The molecular weight excluding hydrogens is 280 g/mol. The third-order valence-corrected chi connectivity index (χ3v) is 4.10. The molecule has 3 rings (SSSR count). The highest BCUT2D eigenvalue weighted by Gasteiger charge is 2.17. The van der Waals surface area contributed by atoms with Crippen molar-refractivity contribution in [2.24, 2.45) is 0 Å². The van der Waals surface area contributed by atoms with E-state index in [0.717, 1.165) is 40.8 Å². The molecule has 0 radical (unpaired) electrons. The average Bonchev–Trinajstić information content (AvgIpc) is 2.60. The second-order valence-corrected chi connectivity index (χ2v) is 5.20. The molecular formula is C13H15BrN2O. The number of hydrogen-bond acceptors (Lipinski definition) is 3. The van der Waals surface area contributed by atoms with Gasteiger partial charge in [-0.15, -0.1) is 0 Å². The number of aromatic nitrogens is 1. The summed E-state index contributed by atoms with van der Waals surface area (Å²) in [5.74, 6) is 0.806. The zero-order valence-electron chi connectivity index (χ0n) is 9.85. The normalized spacial score (nSPS) is 15.4. The molecule has 0 unspecified atom stereocenters. The zero-order chi connectivity index (χ0) is 11.8. The summed E-state index contributed by atoms with van der Waals surface area (Å²) in [4.78, 5) is 4.53. The number of nitrogens with zero attached hydrogens (tertiary/aromatic N) is 1. The van der Waals surface area contributed by atoms with Crippen LogP contribution in [-0.2, 0) is 12.8 Å². The molecule has 2 aromatic rings. The standard InChI is InChI=1S/C13H15BrN2O/c1-2-11-16-13-10(17-11)7-9-8(12(13)14)5-3-4-6-15-9/h7,15H,2-6H2,1H3. The minimum atomic E-state index is 0.806. The van der Waals surface area contributed by atoms with E-state index in [-0.39, 0.29) is 0 Å². The van der Waals surface area contributed by atoms with Crippen molar-refractivity contribution in [1.29, 1.82) is 0 Å². The molecule has 1 aromatic carbocycles. The predicted molar refractivity (Wildman–Crippen MR) is 72.5 cm³/mol. The van der Waals surface area contributed by atoms with Crippen molar-refractivity contribution < 1.29 is 4.42 Å². The smallest absolute Gasteiger partial charge is 0.195 e. The number of anilines is 1. The lowest BCUT2D eigenvalue weighted by Crippen LogP contribution is -1.99. The zero-order valence-corrected chi connectivity index (χ0v) is 11.4. The van der Waals surface area contributed by atoms with Crippen LogP contribution in [0.25, 0.3) is 11.1 Å². The van der Waals surface area contributed by atoms with Gasteiger partial charge >= 0.3 is 0 Å². The van der Waals surface area contributed by atoms with Crippen molar-refractivity contribution in [3.8, 4) is 0 Å². The van der Waals surface area contributed by atoms with Gasteiger partial charge in [-0.2, -0.15) is 0 Å². The van der Waals surface area contributed by atoms with Crippen molar-refractivity contribution in [3.63, 3.8) is 0 Å². The van der Waals surface area contributed by atoms with Gasteiger partial charge in [0.2, 0.25) is 0 Å². The van der Waals surface area contributed by atoms with Gasteiger partial charge in [0.1, 0.15) is 5.52 Å². The molecule has 0 bridgehead atoms. The van der Waals surface area contributed by atoms with Gasteiger partial charge in [-0.1, -0.05) is 6.92 Å². The first kappa shape index (κ1) is 11.1. The van der Waals surface area contributed by atoms with Crippen molar-refractivity contribution in [1.82, 2.24) is 4.98 Å². The second-order valence-electron chi connectivity index (χ2n) is 4.41. The van der Waals surface area contributed by atoms with E-state index in [1.54, 1.807) is 0 Å². The van der Waals surface area contributed by atoms with Gasteiger partial charge in [0.15, 0.2) is 11.5 Å². The van der Waals surface area contributed by atoms with Gasteiger partial charge in [0.25, 0.3) is 0 Å². The van der Waals surface area contributed by atoms with Crippen LogP contribution < -0.4 is 5.32 Å². The predicted octanol–water partition coefficient (Wildman–Crippen LogP) is 3.90. The lowest BCUT2D eigenvalue weighted by atomic mass is 10.1. The van der Waals surface area contributed by atoms with E-state index in [9.17, 15) is 0 Å². The Morgan fingerprint density at radius 2 is 2.35 bits per heavy atom. The number of fused-ring (bicyclic) bond motifs is 2. The Hall–Kier alpha value is -1.03. The third-order valence-electron chi connectivity index (χ3n) is 3.24. The van der Waals surface area contributed by atoms with Gasteiger partial charge in [0, 0.05) is 24.7 Å². The molecule has 0 amide bonds. The largest absolute Gasteiger partial charge is 0.441 e. The monoisotopic (exact) mass is 294 g/mol. The number of oxazole rings is 1. The number of halogens is 1. The van der Waals surface area contributed by atoms with Crippen LogP contribution in [0, 0.1) is 0 Å². The number of rotatable bonds is 1. The Morgan fingerprint density at radius 1 is 1.47 bits per heavy atom. The summed E-state index contributed by atoms with van der Waals surface area (Å²) in [6, 6.07) is 2.09. The third kappa shape index (κ3) is 1.84. The number of benzene rings is 1. The first-order valence-corrected chi connectivity index (χ1v) is 6.93. The van der Waals surface area contributed by atoms with Gasteiger partial charge in [0.05, 0.1) is 4.47 Å².